The van der Waals surface area contributed by atoms with E-state index in [2.05, 4.69) is 0 Å². The van der Waals surface area contributed by atoms with Crippen molar-refractivity contribution in [3.8, 4) is 0 Å². The Hall–Kier alpha value is -0.910. The number of hydrogen-bond donors (Lipinski definition) is 0. The van der Waals surface area contributed by atoms with Gasteiger partial charge in [-0.15, -0.1) is 0 Å². The molecule has 1 aliphatic rings. The lowest BCUT2D eigenvalue weighted by molar-refractivity contribution is 0.0104. The summed E-state index contributed by atoms with van der Waals surface area (Å²) in [5, 5.41) is 0. The molecule has 0 amide bonds. The predicted octanol–water partition coefficient (Wildman–Crippen LogP) is 2.19. The molecule has 1 atom stereocenters. The molecule has 1 saturated heterocycles. The summed E-state index contributed by atoms with van der Waals surface area (Å²) in [5.74, 6) is 0. The Labute approximate surface area is 108 Å². The smallest absolute Gasteiger partial charge is 0.297 e. The summed E-state index contributed by atoms with van der Waals surface area (Å²) in [7, 11) is -3.69. The molecule has 0 N–H and O–H groups in total. The highest BCUT2D eigenvalue weighted by Crippen LogP contribution is 2.22. The van der Waals surface area contributed by atoms with Gasteiger partial charge in [-0.1, -0.05) is 17.7 Å². The Bertz CT molecular complexity index is 516. The van der Waals surface area contributed by atoms with Gasteiger partial charge >= 0.3 is 0 Å². The number of rotatable bonds is 3. The second-order valence-electron chi connectivity index (χ2n) is 4.66. The van der Waals surface area contributed by atoms with E-state index >= 15 is 0 Å². The Morgan fingerprint density at radius 2 is 2.11 bits per heavy atom. The van der Waals surface area contributed by atoms with Crippen molar-refractivity contribution in [2.24, 2.45) is 0 Å². The molecular weight excluding hydrogens is 252 g/mol. The molecule has 1 fully saturated rings. The Kier molecular flexibility index (Phi) is 4.04. The molecule has 1 unspecified atom stereocenters. The van der Waals surface area contributed by atoms with Gasteiger partial charge < -0.3 is 4.74 Å². The van der Waals surface area contributed by atoms with Gasteiger partial charge in [-0.3, -0.25) is 4.18 Å². The first-order chi connectivity index (χ1) is 8.49. The topological polar surface area (TPSA) is 52.6 Å². The fourth-order valence-corrected chi connectivity index (χ4v) is 3.40. The third-order valence-corrected chi connectivity index (χ3v) is 4.50. The van der Waals surface area contributed by atoms with Gasteiger partial charge in [0, 0.05) is 6.61 Å². The Balaban J connectivity index is 2.19. The molecule has 1 aromatic rings. The average molecular weight is 270 g/mol. The van der Waals surface area contributed by atoms with Gasteiger partial charge in [0.05, 0.1) is 11.5 Å². The molecule has 4 nitrogen and oxygen atoms in total. The summed E-state index contributed by atoms with van der Waals surface area (Å²) in [6.07, 6.45) is 1.21. The van der Waals surface area contributed by atoms with Crippen LogP contribution in [0, 0.1) is 13.8 Å². The summed E-state index contributed by atoms with van der Waals surface area (Å²) < 4.78 is 34.8. The summed E-state index contributed by atoms with van der Waals surface area (Å²) in [4.78, 5) is 0.249. The molecule has 0 aromatic heterocycles. The average Bonchev–Trinajstić information content (AvgIpc) is 2.29. The molecule has 18 heavy (non-hydrogen) atoms. The van der Waals surface area contributed by atoms with Crippen LogP contribution in [-0.2, 0) is 19.0 Å². The fraction of sp³-hybridized carbons (Fsp3) is 0.538. The van der Waals surface area contributed by atoms with Crippen LogP contribution in [-0.4, -0.2) is 27.7 Å². The van der Waals surface area contributed by atoms with Gasteiger partial charge in [-0.05, 0) is 38.3 Å². The van der Waals surface area contributed by atoms with Crippen molar-refractivity contribution in [3.63, 3.8) is 0 Å². The van der Waals surface area contributed by atoms with Crippen molar-refractivity contribution in [1.29, 1.82) is 0 Å². The standard InChI is InChI=1S/C13H18O4S/c1-10-5-6-13(11(2)8-10)18(14,15)17-12-4-3-7-16-9-12/h5-6,8,12H,3-4,7,9H2,1-2H3. The van der Waals surface area contributed by atoms with E-state index in [-0.39, 0.29) is 11.0 Å². The largest absolute Gasteiger partial charge is 0.379 e. The van der Waals surface area contributed by atoms with Crippen LogP contribution in [0.1, 0.15) is 24.0 Å². The Morgan fingerprint density at radius 1 is 1.33 bits per heavy atom. The van der Waals surface area contributed by atoms with Crippen molar-refractivity contribution < 1.29 is 17.3 Å². The van der Waals surface area contributed by atoms with Gasteiger partial charge in [0.15, 0.2) is 0 Å². The maximum Gasteiger partial charge on any atom is 0.297 e. The van der Waals surface area contributed by atoms with E-state index in [1.54, 1.807) is 19.1 Å². The van der Waals surface area contributed by atoms with Gasteiger partial charge in [0.1, 0.15) is 6.10 Å². The normalized spacial score (nSPS) is 20.9. The molecule has 0 saturated carbocycles. The first kappa shape index (κ1) is 13.5. The number of ether oxygens (including phenoxy) is 1. The molecular formula is C13H18O4S. The van der Waals surface area contributed by atoms with Crippen molar-refractivity contribution in [2.75, 3.05) is 13.2 Å². The zero-order valence-electron chi connectivity index (χ0n) is 10.7. The second kappa shape index (κ2) is 5.38. The zero-order valence-corrected chi connectivity index (χ0v) is 11.5. The lowest BCUT2D eigenvalue weighted by Gasteiger charge is -2.22. The molecule has 0 aliphatic carbocycles. The maximum atomic E-state index is 12.2. The van der Waals surface area contributed by atoms with Gasteiger partial charge in [0.25, 0.3) is 10.1 Å². The predicted molar refractivity (Wildman–Crippen MR) is 68.0 cm³/mol. The molecule has 0 radical (unpaired) electrons. The van der Waals surface area contributed by atoms with E-state index in [1.165, 1.54) is 0 Å². The van der Waals surface area contributed by atoms with E-state index in [4.69, 9.17) is 8.92 Å². The summed E-state index contributed by atoms with van der Waals surface area (Å²) >= 11 is 0. The SMILES string of the molecule is Cc1ccc(S(=O)(=O)OC2CCCOC2)c(C)c1. The molecule has 2 rings (SSSR count). The summed E-state index contributed by atoms with van der Waals surface area (Å²) in [6.45, 7) is 4.74. The molecule has 1 aliphatic heterocycles. The minimum atomic E-state index is -3.69. The maximum absolute atomic E-state index is 12.2. The van der Waals surface area contributed by atoms with Gasteiger partial charge in [0.2, 0.25) is 0 Å². The quantitative estimate of drug-likeness (QED) is 0.790. The third kappa shape index (κ3) is 3.10. The second-order valence-corrected chi connectivity index (χ2v) is 6.20. The fourth-order valence-electron chi connectivity index (χ4n) is 2.10. The monoisotopic (exact) mass is 270 g/mol. The molecule has 5 heteroatoms. The minimum absolute atomic E-state index is 0.249. The highest BCUT2D eigenvalue weighted by molar-refractivity contribution is 7.86. The van der Waals surface area contributed by atoms with E-state index < -0.39 is 10.1 Å². The van der Waals surface area contributed by atoms with E-state index in [0.717, 1.165) is 18.4 Å². The minimum Gasteiger partial charge on any atom is -0.379 e. The lowest BCUT2D eigenvalue weighted by atomic mass is 10.2. The van der Waals surface area contributed by atoms with E-state index in [9.17, 15) is 8.42 Å². The van der Waals surface area contributed by atoms with Gasteiger partial charge in [-0.2, -0.15) is 8.42 Å². The molecule has 0 bridgehead atoms. The van der Waals surface area contributed by atoms with Crippen LogP contribution >= 0.6 is 0 Å². The Morgan fingerprint density at radius 3 is 2.72 bits per heavy atom. The van der Waals surface area contributed by atoms with Crippen LogP contribution in [0.3, 0.4) is 0 Å². The number of aryl methyl sites for hydroxylation is 2. The molecule has 1 aromatic carbocycles. The number of hydrogen-bond acceptors (Lipinski definition) is 4. The zero-order chi connectivity index (χ0) is 13.2. The van der Waals surface area contributed by atoms with E-state index in [1.807, 2.05) is 13.0 Å². The van der Waals surface area contributed by atoms with Crippen LogP contribution in [0.5, 0.6) is 0 Å². The van der Waals surface area contributed by atoms with E-state index in [0.29, 0.717) is 18.8 Å². The molecule has 1 heterocycles. The molecule has 100 valence electrons. The number of benzene rings is 1. The lowest BCUT2D eigenvalue weighted by Crippen LogP contribution is -2.28. The van der Waals surface area contributed by atoms with Crippen molar-refractivity contribution in [1.82, 2.24) is 0 Å². The molecule has 0 spiro atoms. The van der Waals surface area contributed by atoms with Crippen molar-refractivity contribution in [3.05, 3.63) is 29.3 Å². The van der Waals surface area contributed by atoms with Crippen LogP contribution in [0.25, 0.3) is 0 Å². The van der Waals surface area contributed by atoms with Crippen LogP contribution in [0.4, 0.5) is 0 Å². The summed E-state index contributed by atoms with van der Waals surface area (Å²) in [6, 6.07) is 5.22. The first-order valence-electron chi connectivity index (χ1n) is 6.07. The van der Waals surface area contributed by atoms with Crippen molar-refractivity contribution in [2.45, 2.75) is 37.7 Å². The van der Waals surface area contributed by atoms with Crippen LogP contribution < -0.4 is 0 Å². The van der Waals surface area contributed by atoms with Crippen LogP contribution in [0.2, 0.25) is 0 Å². The van der Waals surface area contributed by atoms with Crippen molar-refractivity contribution >= 4 is 10.1 Å². The third-order valence-electron chi connectivity index (χ3n) is 2.98. The van der Waals surface area contributed by atoms with Gasteiger partial charge in [-0.25, -0.2) is 0 Å². The highest BCUT2D eigenvalue weighted by atomic mass is 32.2. The summed E-state index contributed by atoms with van der Waals surface area (Å²) in [5.41, 5.74) is 1.75. The highest BCUT2D eigenvalue weighted by Gasteiger charge is 2.25. The van der Waals surface area contributed by atoms with Crippen LogP contribution in [0.15, 0.2) is 23.1 Å². The first-order valence-corrected chi connectivity index (χ1v) is 7.48.